The fourth-order valence-corrected chi connectivity index (χ4v) is 2.27. The van der Waals surface area contributed by atoms with Gasteiger partial charge in [-0.05, 0) is 5.66 Å². The molecule has 0 amide bonds. The van der Waals surface area contributed by atoms with Crippen molar-refractivity contribution in [3.8, 4) is 0 Å². The van der Waals surface area contributed by atoms with E-state index in [0.29, 0.717) is 14.2 Å². The molecule has 0 aliphatic rings. The summed E-state index contributed by atoms with van der Waals surface area (Å²) in [5.41, 5.74) is 0.639. The molecule has 0 aliphatic carbocycles. The van der Waals surface area contributed by atoms with Crippen LogP contribution < -0.4 is 0 Å². The normalized spacial score (nSPS) is 12.9. The summed E-state index contributed by atoms with van der Waals surface area (Å²) in [5.74, 6) is 0. The molecule has 0 fully saturated rings. The number of alkyl halides is 2. The second-order valence-corrected chi connectivity index (χ2v) is 5.52. The molecule has 0 N–H and O–H groups in total. The van der Waals surface area contributed by atoms with E-state index < -0.39 is 0 Å². The van der Waals surface area contributed by atoms with Crippen LogP contribution >= 0.6 is 31.8 Å². The number of rotatable bonds is 2. The van der Waals surface area contributed by atoms with Gasteiger partial charge in [0.2, 0.25) is 0 Å². The van der Waals surface area contributed by atoms with Gasteiger partial charge in [0.1, 0.15) is 4.58 Å². The van der Waals surface area contributed by atoms with Crippen LogP contribution in [0.2, 0.25) is 0 Å². The zero-order chi connectivity index (χ0) is 5.86. The summed E-state index contributed by atoms with van der Waals surface area (Å²) in [6, 6.07) is 0. The zero-order valence-electron chi connectivity index (χ0n) is 4.41. The van der Waals surface area contributed by atoms with Crippen LogP contribution in [0, 0.1) is 0 Å². The number of hydrogen-bond donors (Lipinski definition) is 0. The lowest BCUT2D eigenvalue weighted by Crippen LogP contribution is -1.85. The zero-order valence-corrected chi connectivity index (χ0v) is 6.92. The van der Waals surface area contributed by atoms with E-state index in [1.165, 1.54) is 0 Å². The molecule has 0 aromatic heterocycles. The van der Waals surface area contributed by atoms with E-state index in [4.69, 9.17) is 23.2 Å². The Morgan fingerprint density at radius 3 is 1.71 bits per heavy atom. The summed E-state index contributed by atoms with van der Waals surface area (Å²) >= 11 is 10.9. The Kier molecular flexibility index (Phi) is 4.52. The van der Waals surface area contributed by atoms with Gasteiger partial charge in [-0.2, -0.15) is 0 Å². The highest BCUT2D eigenvalue weighted by Crippen LogP contribution is 2.30. The predicted molar refractivity (Wildman–Crippen MR) is 38.9 cm³/mol. The first kappa shape index (κ1) is 8.01. The van der Waals surface area contributed by atoms with Crippen molar-refractivity contribution in [2.75, 3.05) is 0 Å². The van der Waals surface area contributed by atoms with Gasteiger partial charge in [0.05, 0.1) is 0 Å². The van der Waals surface area contributed by atoms with E-state index in [9.17, 15) is 0 Å². The van der Waals surface area contributed by atoms with Crippen LogP contribution in [-0.4, -0.2) is 10.2 Å². The topological polar surface area (TPSA) is 0 Å². The molecule has 0 spiro atoms. The Labute approximate surface area is 56.4 Å². The summed E-state index contributed by atoms with van der Waals surface area (Å²) in [6.45, 7) is 4.21. The smallest absolute Gasteiger partial charge is 0.101 e. The molecule has 0 aromatic rings. The lowest BCUT2D eigenvalue weighted by Gasteiger charge is -2.02. The Morgan fingerprint density at radius 1 is 1.29 bits per heavy atom. The molecule has 0 saturated carbocycles. The minimum Gasteiger partial charge on any atom is -0.101 e. The van der Waals surface area contributed by atoms with E-state index in [-0.39, 0.29) is 4.58 Å². The lowest BCUT2D eigenvalue weighted by molar-refractivity contribution is 1.10. The average Bonchev–Trinajstić information content (AvgIpc) is 1.27. The van der Waals surface area contributed by atoms with Gasteiger partial charge >= 0.3 is 0 Å². The molecule has 1 unspecified atom stereocenters. The fourth-order valence-electron chi connectivity index (χ4n) is 0.252. The Bertz CT molecular complexity index is 39.0. The van der Waals surface area contributed by atoms with Crippen LogP contribution in [0.15, 0.2) is 0 Å². The summed E-state index contributed by atoms with van der Waals surface area (Å²) < 4.78 is -0.153. The molecule has 0 nitrogen and oxygen atoms in total. The minimum atomic E-state index is -0.153. The second kappa shape index (κ2) is 3.95. The third-order valence-corrected chi connectivity index (χ3v) is 2.13. The summed E-state index contributed by atoms with van der Waals surface area (Å²) in [6.07, 6.45) is 0. The first-order valence-electron chi connectivity index (χ1n) is 2.17. The van der Waals surface area contributed by atoms with Crippen LogP contribution in [0.1, 0.15) is 13.8 Å². The van der Waals surface area contributed by atoms with Crippen molar-refractivity contribution >= 4 is 31.8 Å². The monoisotopic (exact) mass is 158 g/mol. The minimum absolute atomic E-state index is 0.153. The van der Waals surface area contributed by atoms with Crippen molar-refractivity contribution in [1.29, 1.82) is 0 Å². The molecule has 7 heavy (non-hydrogen) atoms. The molecule has 0 rings (SSSR count). The van der Waals surface area contributed by atoms with Gasteiger partial charge in [-0.1, -0.05) is 22.4 Å². The van der Waals surface area contributed by atoms with Crippen LogP contribution in [0.4, 0.5) is 0 Å². The summed E-state index contributed by atoms with van der Waals surface area (Å²) in [4.78, 5) is 0. The molecule has 0 bridgehead atoms. The van der Waals surface area contributed by atoms with Crippen molar-refractivity contribution in [2.24, 2.45) is 0 Å². The highest BCUT2D eigenvalue weighted by molar-refractivity contribution is 7.44. The lowest BCUT2D eigenvalue weighted by atomic mass is 10.6. The van der Waals surface area contributed by atoms with E-state index >= 15 is 0 Å². The van der Waals surface area contributed by atoms with Gasteiger partial charge in [0, 0.05) is 0 Å². The van der Waals surface area contributed by atoms with Crippen LogP contribution in [0.3, 0.4) is 0 Å². The molecular weight excluding hydrogens is 150 g/mol. The van der Waals surface area contributed by atoms with Gasteiger partial charge in [-0.15, -0.1) is 23.2 Å². The van der Waals surface area contributed by atoms with Gasteiger partial charge in [0.15, 0.2) is 0 Å². The van der Waals surface area contributed by atoms with Crippen molar-refractivity contribution in [3.63, 3.8) is 0 Å². The quantitative estimate of drug-likeness (QED) is 0.429. The maximum atomic E-state index is 5.45. The molecule has 0 heterocycles. The average molecular weight is 159 g/mol. The largest absolute Gasteiger partial charge is 0.123 e. The van der Waals surface area contributed by atoms with Gasteiger partial charge < -0.3 is 0 Å². The van der Waals surface area contributed by atoms with Crippen LogP contribution in [0.25, 0.3) is 0 Å². The van der Waals surface area contributed by atoms with Crippen LogP contribution in [-0.2, 0) is 0 Å². The van der Waals surface area contributed by atoms with E-state index in [2.05, 4.69) is 13.8 Å². The maximum absolute atomic E-state index is 5.45. The summed E-state index contributed by atoms with van der Waals surface area (Å²) in [5, 5.41) is 0. The molecule has 0 radical (unpaired) electrons. The van der Waals surface area contributed by atoms with Crippen LogP contribution in [0.5, 0.6) is 0 Å². The van der Waals surface area contributed by atoms with E-state index in [1.807, 2.05) is 0 Å². The Hall–Kier alpha value is 1.01. The standard InChI is InChI=1S/C4H9Cl2P/c1-3(2)7-4(5)6/h3-4,7H,1-2H3. The third kappa shape index (κ3) is 7.01. The van der Waals surface area contributed by atoms with Gasteiger partial charge in [-0.25, -0.2) is 0 Å². The SMILES string of the molecule is CC(C)PC(Cl)Cl. The molecule has 0 aliphatic heterocycles. The Morgan fingerprint density at radius 2 is 1.71 bits per heavy atom. The number of halogens is 2. The highest BCUT2D eigenvalue weighted by atomic mass is 35.5. The molecule has 0 aromatic carbocycles. The first-order valence-corrected chi connectivity index (χ1v) is 4.20. The van der Waals surface area contributed by atoms with Gasteiger partial charge in [-0.3, -0.25) is 0 Å². The molecule has 44 valence electrons. The van der Waals surface area contributed by atoms with E-state index in [1.54, 1.807) is 0 Å². The molecular formula is C4H9Cl2P. The summed E-state index contributed by atoms with van der Waals surface area (Å²) in [7, 11) is 0.676. The molecule has 0 saturated heterocycles. The van der Waals surface area contributed by atoms with Crippen molar-refractivity contribution in [3.05, 3.63) is 0 Å². The highest BCUT2D eigenvalue weighted by Gasteiger charge is 1.99. The fraction of sp³-hybridized carbons (Fsp3) is 1.00. The van der Waals surface area contributed by atoms with Gasteiger partial charge in [0.25, 0.3) is 0 Å². The van der Waals surface area contributed by atoms with Crippen molar-refractivity contribution < 1.29 is 0 Å². The number of hydrogen-bond acceptors (Lipinski definition) is 0. The predicted octanol–water partition coefficient (Wildman–Crippen LogP) is 2.83. The second-order valence-electron chi connectivity index (χ2n) is 1.62. The third-order valence-electron chi connectivity index (χ3n) is 0.459. The van der Waals surface area contributed by atoms with E-state index in [0.717, 1.165) is 0 Å². The first-order chi connectivity index (χ1) is 3.13. The van der Waals surface area contributed by atoms with Crippen molar-refractivity contribution in [1.82, 2.24) is 0 Å². The maximum Gasteiger partial charge on any atom is 0.123 e. The van der Waals surface area contributed by atoms with Crippen molar-refractivity contribution in [2.45, 2.75) is 24.1 Å². The Balaban J connectivity index is 2.95. The molecule has 1 atom stereocenters. The molecule has 3 heteroatoms.